The number of benzene rings is 4. The summed E-state index contributed by atoms with van der Waals surface area (Å²) in [6.07, 6.45) is -4.53. The van der Waals surface area contributed by atoms with E-state index in [0.717, 1.165) is 44.3 Å². The maximum absolute atomic E-state index is 14.3. The van der Waals surface area contributed by atoms with Gasteiger partial charge in [0.2, 0.25) is 5.91 Å². The number of β-amino-alcohol motifs (C(OH)–C–C–N with tert-alkyl or cyclic N) is 1. The number of anilines is 2. The SMILES string of the molecule is Cc1ncsc1-c1ccc(CCC(=O)[C@@H]2C[C@@H](O)CN2C(=O)[C@H](C(C)C)N2Cc3ccccc3C2=O)c(OCCCOCCOCCOc2ccc(N3C(=S)N(c4ccc(C#N)c(C(F)(F)F)c4)C(=O)C3(C)C)cc2)c1. The van der Waals surface area contributed by atoms with E-state index in [4.69, 9.17) is 31.2 Å². The summed E-state index contributed by atoms with van der Waals surface area (Å²) in [5.74, 6) is -0.340. The van der Waals surface area contributed by atoms with E-state index >= 15 is 0 Å². The van der Waals surface area contributed by atoms with Crippen LogP contribution in [0.25, 0.3) is 10.4 Å². The Hall–Kier alpha value is -6.76. The van der Waals surface area contributed by atoms with Crippen LogP contribution < -0.4 is 19.3 Å². The Morgan fingerprint density at radius 1 is 0.934 bits per heavy atom. The summed E-state index contributed by atoms with van der Waals surface area (Å²) in [7, 11) is 0. The molecule has 0 saturated carbocycles. The molecule has 0 spiro atoms. The van der Waals surface area contributed by atoms with Crippen LogP contribution in [0, 0.1) is 24.2 Å². The minimum Gasteiger partial charge on any atom is -0.493 e. The molecule has 4 heterocycles. The standard InChI is InChI=1S/C56H59F3N6O9S2/c1-34(2)49(63-31-39-9-6-7-10-44(39)51(63)68)52(69)62-32-42(66)29-46(62)47(67)20-14-36-11-12-37(50-35(3)61-33-76-50)27-48(36)74-22-8-21-71-23-24-72-25-26-73-43-18-16-40(17-19-43)65-54(75)64(53(70)55(65,4)5)41-15-13-38(30-60)45(28-41)56(57,58)59/h6-7,9-13,15-19,27-28,33-34,42,46,49,66H,8,14,20-26,29,31-32H2,1-5H3/t42-,46+,49+/m1/s1. The van der Waals surface area contributed by atoms with E-state index in [1.54, 1.807) is 71.6 Å². The van der Waals surface area contributed by atoms with Crippen LogP contribution in [-0.4, -0.2) is 118 Å². The first kappa shape index (κ1) is 55.5. The van der Waals surface area contributed by atoms with E-state index in [0.29, 0.717) is 68.6 Å². The number of thiazole rings is 1. The number of carbonyl (C=O) groups excluding carboxylic acids is 4. The number of aromatic nitrogens is 1. The number of carbonyl (C=O) groups is 4. The molecule has 5 aromatic rings. The lowest BCUT2D eigenvalue weighted by molar-refractivity contribution is -0.142. The Bertz CT molecular complexity index is 3010. The Morgan fingerprint density at radius 2 is 1.64 bits per heavy atom. The number of likely N-dealkylation sites (tertiary alicyclic amines) is 1. The molecule has 2 fully saturated rings. The molecule has 0 radical (unpaired) electrons. The normalized spacial score (nSPS) is 17.7. The van der Waals surface area contributed by atoms with Crippen molar-refractivity contribution >= 4 is 63.5 Å². The molecule has 0 aliphatic carbocycles. The van der Waals surface area contributed by atoms with E-state index in [9.17, 15) is 42.7 Å². The summed E-state index contributed by atoms with van der Waals surface area (Å²) in [6.45, 7) is 11.2. The molecule has 2 saturated heterocycles. The third-order valence-electron chi connectivity index (χ3n) is 13.7. The summed E-state index contributed by atoms with van der Waals surface area (Å²) in [5.41, 5.74) is 3.34. The number of hydrogen-bond acceptors (Lipinski definition) is 13. The molecule has 3 aliphatic heterocycles. The number of nitrogens with zero attached hydrogens (tertiary/aromatic N) is 6. The van der Waals surface area contributed by atoms with Gasteiger partial charge in [-0.2, -0.15) is 18.4 Å². The van der Waals surface area contributed by atoms with Gasteiger partial charge in [-0.05, 0) is 117 Å². The lowest BCUT2D eigenvalue weighted by Crippen LogP contribution is -2.54. The molecule has 0 bridgehead atoms. The topological polar surface area (TPSA) is 175 Å². The van der Waals surface area contributed by atoms with Crippen LogP contribution in [0.4, 0.5) is 24.5 Å². The van der Waals surface area contributed by atoms with Crippen molar-refractivity contribution in [3.63, 3.8) is 0 Å². The number of halogens is 3. The smallest absolute Gasteiger partial charge is 0.417 e. The van der Waals surface area contributed by atoms with Crippen LogP contribution in [0.3, 0.4) is 0 Å². The Labute approximate surface area is 448 Å². The van der Waals surface area contributed by atoms with E-state index in [1.165, 1.54) is 22.3 Å². The summed E-state index contributed by atoms with van der Waals surface area (Å²) in [6, 6.07) is 23.0. The highest BCUT2D eigenvalue weighted by Gasteiger charge is 2.51. The van der Waals surface area contributed by atoms with Crippen molar-refractivity contribution in [2.24, 2.45) is 5.92 Å². The van der Waals surface area contributed by atoms with Crippen molar-refractivity contribution in [3.05, 3.63) is 124 Å². The molecule has 4 aromatic carbocycles. The molecule has 0 unspecified atom stereocenters. The highest BCUT2D eigenvalue weighted by Crippen LogP contribution is 2.41. The van der Waals surface area contributed by atoms with Crippen LogP contribution >= 0.6 is 23.6 Å². The summed E-state index contributed by atoms with van der Waals surface area (Å²) in [5, 5.41) is 20.0. The lowest BCUT2D eigenvalue weighted by Gasteiger charge is -2.35. The molecule has 1 N–H and O–H groups in total. The zero-order chi connectivity index (χ0) is 54.5. The molecule has 76 heavy (non-hydrogen) atoms. The van der Waals surface area contributed by atoms with Crippen molar-refractivity contribution in [2.45, 2.75) is 96.7 Å². The van der Waals surface area contributed by atoms with E-state index in [2.05, 4.69) is 4.98 Å². The van der Waals surface area contributed by atoms with Gasteiger partial charge < -0.3 is 38.8 Å². The highest BCUT2D eigenvalue weighted by atomic mass is 32.1. The number of aliphatic hydroxyl groups excluding tert-OH is 1. The van der Waals surface area contributed by atoms with Gasteiger partial charge in [0.15, 0.2) is 10.9 Å². The summed E-state index contributed by atoms with van der Waals surface area (Å²) in [4.78, 5) is 66.4. The molecule has 15 nitrogen and oxygen atoms in total. The number of alkyl halides is 3. The first-order valence-corrected chi connectivity index (χ1v) is 26.3. The van der Waals surface area contributed by atoms with E-state index < -0.39 is 46.9 Å². The highest BCUT2D eigenvalue weighted by molar-refractivity contribution is 7.81. The fraction of sp³-hybridized carbons (Fsp3) is 0.411. The number of Topliss-reactive ketones (excluding diaryl/α,β-unsaturated/α-hetero) is 1. The third-order valence-corrected chi connectivity index (χ3v) is 15.1. The van der Waals surface area contributed by atoms with Crippen LogP contribution in [-0.2, 0) is 43.0 Å². The maximum Gasteiger partial charge on any atom is 0.417 e. The van der Waals surface area contributed by atoms with Gasteiger partial charge in [-0.25, -0.2) is 4.98 Å². The van der Waals surface area contributed by atoms with Gasteiger partial charge in [0.25, 0.3) is 11.8 Å². The minimum absolute atomic E-state index is 0.0134. The molecule has 3 aliphatic rings. The third kappa shape index (κ3) is 11.9. The number of thiocarbonyl (C=S) groups is 1. The largest absolute Gasteiger partial charge is 0.493 e. The number of nitriles is 1. The fourth-order valence-corrected chi connectivity index (χ4v) is 11.2. The van der Waals surface area contributed by atoms with Gasteiger partial charge >= 0.3 is 6.18 Å². The second kappa shape index (κ2) is 23.6. The number of rotatable bonds is 22. The quantitative estimate of drug-likeness (QED) is 0.0514. The Morgan fingerprint density at radius 3 is 2.33 bits per heavy atom. The molecule has 1 aromatic heterocycles. The zero-order valence-corrected chi connectivity index (χ0v) is 44.4. The molecular weight excluding hydrogens is 1020 g/mol. The number of aryl methyl sites for hydroxylation is 2. The molecule has 20 heteroatoms. The Kier molecular flexibility index (Phi) is 17.3. The van der Waals surface area contributed by atoms with Crippen molar-refractivity contribution in [2.75, 3.05) is 56.0 Å². The van der Waals surface area contributed by atoms with Crippen molar-refractivity contribution < 1.29 is 56.4 Å². The monoisotopic (exact) mass is 1080 g/mol. The predicted molar refractivity (Wildman–Crippen MR) is 283 cm³/mol. The zero-order valence-electron chi connectivity index (χ0n) is 42.8. The summed E-state index contributed by atoms with van der Waals surface area (Å²) >= 11 is 7.16. The number of aliphatic hydroxyl groups is 1. The second-order valence-corrected chi connectivity index (χ2v) is 20.9. The fourth-order valence-electron chi connectivity index (χ4n) is 9.89. The van der Waals surface area contributed by atoms with Crippen LogP contribution in [0.1, 0.15) is 85.3 Å². The number of fused-ring (bicyclic) bond motifs is 1. The van der Waals surface area contributed by atoms with Gasteiger partial charge in [0, 0.05) is 50.2 Å². The van der Waals surface area contributed by atoms with Crippen molar-refractivity contribution in [3.8, 4) is 28.0 Å². The second-order valence-electron chi connectivity index (χ2n) is 19.7. The average Bonchev–Trinajstić information content (AvgIpc) is 4.14. The molecule has 3 atom stereocenters. The van der Waals surface area contributed by atoms with E-state index in [-0.39, 0.29) is 66.9 Å². The van der Waals surface area contributed by atoms with Gasteiger partial charge in [-0.15, -0.1) is 11.3 Å². The average molecular weight is 1080 g/mol. The molecule has 400 valence electrons. The predicted octanol–water partition coefficient (Wildman–Crippen LogP) is 8.95. The number of amides is 3. The van der Waals surface area contributed by atoms with Crippen molar-refractivity contribution in [1.82, 2.24) is 14.8 Å². The van der Waals surface area contributed by atoms with Gasteiger partial charge in [0.1, 0.15) is 29.7 Å². The Balaban J connectivity index is 0.780. The van der Waals surface area contributed by atoms with Crippen LogP contribution in [0.5, 0.6) is 11.5 Å². The lowest BCUT2D eigenvalue weighted by atomic mass is 9.97. The number of ketones is 1. The van der Waals surface area contributed by atoms with Gasteiger partial charge in [-0.3, -0.25) is 24.1 Å². The van der Waals surface area contributed by atoms with Gasteiger partial charge in [0.05, 0.1) is 77.5 Å². The van der Waals surface area contributed by atoms with E-state index in [1.807, 2.05) is 51.1 Å². The summed E-state index contributed by atoms with van der Waals surface area (Å²) < 4.78 is 65.0. The molecular formula is C56H59F3N6O9S2. The minimum atomic E-state index is -4.81. The number of ether oxygens (including phenoxy) is 4. The molecule has 3 amide bonds. The molecule has 8 rings (SSSR count). The maximum atomic E-state index is 14.3. The van der Waals surface area contributed by atoms with Crippen molar-refractivity contribution in [1.29, 1.82) is 5.26 Å². The van der Waals surface area contributed by atoms with Crippen LogP contribution in [0.2, 0.25) is 0 Å². The van der Waals surface area contributed by atoms with Gasteiger partial charge in [-0.1, -0.05) is 44.2 Å². The number of hydrogen-bond donors (Lipinski definition) is 1. The first-order valence-electron chi connectivity index (χ1n) is 25.0. The van der Waals surface area contributed by atoms with Crippen LogP contribution in [0.15, 0.2) is 90.4 Å². The first-order chi connectivity index (χ1) is 36.3.